The zero-order chi connectivity index (χ0) is 19.0. The first-order chi connectivity index (χ1) is 12.4. The van der Waals surface area contributed by atoms with Crippen molar-refractivity contribution in [2.24, 2.45) is 5.73 Å². The molecule has 0 aliphatic rings. The zero-order valence-electron chi connectivity index (χ0n) is 14.6. The number of nitrogens with one attached hydrogen (secondary N) is 2. The van der Waals surface area contributed by atoms with Gasteiger partial charge in [-0.1, -0.05) is 12.1 Å². The summed E-state index contributed by atoms with van der Waals surface area (Å²) in [4.78, 5) is 12.2. The van der Waals surface area contributed by atoms with E-state index in [1.807, 2.05) is 0 Å². The van der Waals surface area contributed by atoms with Crippen molar-refractivity contribution in [2.45, 2.75) is 17.7 Å². The fraction of sp³-hybridized carbons (Fsp3) is 0.278. The Morgan fingerprint density at radius 3 is 2.31 bits per heavy atom. The summed E-state index contributed by atoms with van der Waals surface area (Å²) in [5.74, 6) is 0.581. The van der Waals surface area contributed by atoms with Crippen LogP contribution < -0.4 is 20.5 Å². The molecule has 0 aliphatic heterocycles. The molecule has 2 aromatic rings. The van der Waals surface area contributed by atoms with Gasteiger partial charge in [-0.25, -0.2) is 13.1 Å². The van der Waals surface area contributed by atoms with Crippen molar-refractivity contribution in [1.82, 2.24) is 4.72 Å². The van der Waals surface area contributed by atoms with Gasteiger partial charge >= 0.3 is 0 Å². The van der Waals surface area contributed by atoms with Gasteiger partial charge in [0.15, 0.2) is 0 Å². The normalized spacial score (nSPS) is 11.2. The van der Waals surface area contributed by atoms with E-state index in [1.54, 1.807) is 36.4 Å². The van der Waals surface area contributed by atoms with Crippen LogP contribution in [-0.2, 0) is 21.2 Å². The van der Waals surface area contributed by atoms with E-state index < -0.39 is 10.0 Å². The fourth-order valence-corrected chi connectivity index (χ4v) is 2.98. The summed E-state index contributed by atoms with van der Waals surface area (Å²) < 4.78 is 31.0. The van der Waals surface area contributed by atoms with Crippen molar-refractivity contribution < 1.29 is 17.9 Å². The van der Waals surface area contributed by atoms with E-state index in [1.165, 1.54) is 19.2 Å². The molecule has 2 aromatic carbocycles. The van der Waals surface area contributed by atoms with Crippen molar-refractivity contribution in [3.63, 3.8) is 0 Å². The third-order valence-corrected chi connectivity index (χ3v) is 5.10. The summed E-state index contributed by atoms with van der Waals surface area (Å²) in [6.45, 7) is 0.889. The van der Waals surface area contributed by atoms with E-state index in [9.17, 15) is 13.2 Å². The van der Waals surface area contributed by atoms with E-state index in [-0.39, 0.29) is 10.8 Å². The number of carbonyl (C=O) groups is 1. The molecule has 0 saturated carbocycles. The lowest BCUT2D eigenvalue weighted by molar-refractivity contribution is -0.116. The summed E-state index contributed by atoms with van der Waals surface area (Å²) in [6, 6.07) is 13.5. The Labute approximate surface area is 153 Å². The lowest BCUT2D eigenvalue weighted by atomic mass is 10.1. The van der Waals surface area contributed by atoms with Gasteiger partial charge in [-0.15, -0.1) is 0 Å². The van der Waals surface area contributed by atoms with E-state index >= 15 is 0 Å². The molecule has 2 rings (SSSR count). The predicted octanol–water partition coefficient (Wildman–Crippen LogP) is 1.50. The quantitative estimate of drug-likeness (QED) is 0.613. The van der Waals surface area contributed by atoms with E-state index in [0.29, 0.717) is 37.4 Å². The van der Waals surface area contributed by atoms with Crippen LogP contribution in [0, 0.1) is 0 Å². The molecular formula is C18H23N3O4S. The molecule has 0 unspecified atom stereocenters. The van der Waals surface area contributed by atoms with Crippen molar-refractivity contribution >= 4 is 21.6 Å². The standard InChI is InChI=1S/C18H23N3O4S/c1-20-26(23,24)17-9-2-14(3-10-17)4-11-18(22)21-15-5-7-16(8-6-15)25-13-12-19/h2-3,5-10,20H,4,11-13,19H2,1H3,(H,21,22). The van der Waals surface area contributed by atoms with Gasteiger partial charge in [-0.2, -0.15) is 0 Å². The highest BCUT2D eigenvalue weighted by atomic mass is 32.2. The molecule has 0 fully saturated rings. The molecule has 1 amide bonds. The number of anilines is 1. The topological polar surface area (TPSA) is 111 Å². The molecule has 0 spiro atoms. The van der Waals surface area contributed by atoms with Gasteiger partial charge in [0.25, 0.3) is 0 Å². The highest BCUT2D eigenvalue weighted by Crippen LogP contribution is 2.16. The third-order valence-electron chi connectivity index (χ3n) is 3.67. The Morgan fingerprint density at radius 2 is 1.73 bits per heavy atom. The van der Waals surface area contributed by atoms with Gasteiger partial charge in [0.05, 0.1) is 4.90 Å². The lowest BCUT2D eigenvalue weighted by Crippen LogP contribution is -2.18. The second-order valence-electron chi connectivity index (χ2n) is 5.56. The summed E-state index contributed by atoms with van der Waals surface area (Å²) >= 11 is 0. The second kappa shape index (κ2) is 9.33. The Kier molecular flexibility index (Phi) is 7.14. The molecule has 140 valence electrons. The number of aryl methyl sites for hydroxylation is 1. The Bertz CT molecular complexity index is 819. The Balaban J connectivity index is 1.85. The van der Waals surface area contributed by atoms with E-state index in [2.05, 4.69) is 10.0 Å². The van der Waals surface area contributed by atoms with Crippen molar-refractivity contribution in [2.75, 3.05) is 25.5 Å². The molecule has 0 heterocycles. The molecule has 7 nitrogen and oxygen atoms in total. The van der Waals surface area contributed by atoms with E-state index in [4.69, 9.17) is 10.5 Å². The third kappa shape index (κ3) is 5.83. The van der Waals surface area contributed by atoms with Gasteiger partial charge in [0, 0.05) is 18.7 Å². The number of ether oxygens (including phenoxy) is 1. The smallest absolute Gasteiger partial charge is 0.240 e. The van der Waals surface area contributed by atoms with Crippen LogP contribution in [0.25, 0.3) is 0 Å². The number of amides is 1. The Hall–Kier alpha value is -2.42. The number of hydrogen-bond acceptors (Lipinski definition) is 5. The molecule has 0 bridgehead atoms. The molecule has 4 N–H and O–H groups in total. The van der Waals surface area contributed by atoms with Crippen molar-refractivity contribution in [3.05, 3.63) is 54.1 Å². The number of rotatable bonds is 9. The van der Waals surface area contributed by atoms with Crippen LogP contribution in [0.2, 0.25) is 0 Å². The maximum absolute atomic E-state index is 12.1. The van der Waals surface area contributed by atoms with Crippen LogP contribution in [0.1, 0.15) is 12.0 Å². The number of carbonyl (C=O) groups excluding carboxylic acids is 1. The number of benzene rings is 2. The minimum atomic E-state index is -3.44. The molecule has 0 radical (unpaired) electrons. The fourth-order valence-electron chi connectivity index (χ4n) is 2.25. The van der Waals surface area contributed by atoms with Gasteiger partial charge in [-0.05, 0) is 55.4 Å². The van der Waals surface area contributed by atoms with Gasteiger partial charge in [0.2, 0.25) is 15.9 Å². The molecule has 0 atom stereocenters. The molecule has 0 aliphatic carbocycles. The van der Waals surface area contributed by atoms with Gasteiger partial charge in [-0.3, -0.25) is 4.79 Å². The molecule has 0 aromatic heterocycles. The van der Waals surface area contributed by atoms with Crippen molar-refractivity contribution in [1.29, 1.82) is 0 Å². The van der Waals surface area contributed by atoms with Crippen LogP contribution in [0.5, 0.6) is 5.75 Å². The summed E-state index contributed by atoms with van der Waals surface area (Å²) in [7, 11) is -2.08. The van der Waals surface area contributed by atoms with Crippen LogP contribution in [0.4, 0.5) is 5.69 Å². The lowest BCUT2D eigenvalue weighted by Gasteiger charge is -2.08. The first kappa shape index (κ1) is 19.9. The largest absolute Gasteiger partial charge is 0.492 e. The average molecular weight is 377 g/mol. The highest BCUT2D eigenvalue weighted by molar-refractivity contribution is 7.89. The minimum absolute atomic E-state index is 0.118. The number of sulfonamides is 1. The first-order valence-electron chi connectivity index (χ1n) is 8.20. The number of hydrogen-bond donors (Lipinski definition) is 3. The predicted molar refractivity (Wildman–Crippen MR) is 101 cm³/mol. The molecule has 8 heteroatoms. The molecule has 0 saturated heterocycles. The Morgan fingerprint density at radius 1 is 1.08 bits per heavy atom. The molecular weight excluding hydrogens is 354 g/mol. The van der Waals surface area contributed by atoms with Crippen LogP contribution in [0.15, 0.2) is 53.4 Å². The van der Waals surface area contributed by atoms with Gasteiger partial charge < -0.3 is 15.8 Å². The van der Waals surface area contributed by atoms with Crippen LogP contribution in [0.3, 0.4) is 0 Å². The van der Waals surface area contributed by atoms with Crippen molar-refractivity contribution in [3.8, 4) is 5.75 Å². The monoisotopic (exact) mass is 377 g/mol. The highest BCUT2D eigenvalue weighted by Gasteiger charge is 2.11. The van der Waals surface area contributed by atoms with E-state index in [0.717, 1.165) is 5.56 Å². The maximum Gasteiger partial charge on any atom is 0.240 e. The van der Waals surface area contributed by atoms with Crippen LogP contribution in [-0.4, -0.2) is 34.5 Å². The SMILES string of the molecule is CNS(=O)(=O)c1ccc(CCC(=O)Nc2ccc(OCCN)cc2)cc1. The second-order valence-corrected chi connectivity index (χ2v) is 7.45. The number of nitrogens with two attached hydrogens (primary N) is 1. The summed E-state index contributed by atoms with van der Waals surface area (Å²) in [5.41, 5.74) is 6.95. The van der Waals surface area contributed by atoms with Crippen LogP contribution >= 0.6 is 0 Å². The first-order valence-corrected chi connectivity index (χ1v) is 9.68. The minimum Gasteiger partial charge on any atom is -0.492 e. The average Bonchev–Trinajstić information content (AvgIpc) is 2.66. The molecule has 26 heavy (non-hydrogen) atoms. The summed E-state index contributed by atoms with van der Waals surface area (Å²) in [6.07, 6.45) is 0.812. The summed E-state index contributed by atoms with van der Waals surface area (Å²) in [5, 5.41) is 2.82. The van der Waals surface area contributed by atoms with Gasteiger partial charge in [0.1, 0.15) is 12.4 Å². The maximum atomic E-state index is 12.1. The zero-order valence-corrected chi connectivity index (χ0v) is 15.4.